The van der Waals surface area contributed by atoms with Crippen molar-refractivity contribution >= 4 is 11.9 Å². The molecule has 1 aromatic carbocycles. The van der Waals surface area contributed by atoms with Gasteiger partial charge < -0.3 is 15.4 Å². The van der Waals surface area contributed by atoms with E-state index in [0.717, 1.165) is 29.9 Å². The number of carboxylic acids is 1. The summed E-state index contributed by atoms with van der Waals surface area (Å²) in [6.45, 7) is 4.57. The van der Waals surface area contributed by atoms with Crippen molar-refractivity contribution in [3.63, 3.8) is 0 Å². The monoisotopic (exact) mass is 402 g/mol. The highest BCUT2D eigenvalue weighted by atomic mass is 19.1. The topological polar surface area (TPSA) is 85.3 Å². The molecule has 0 saturated heterocycles. The van der Waals surface area contributed by atoms with Crippen molar-refractivity contribution in [2.45, 2.75) is 65.3 Å². The lowest BCUT2D eigenvalue weighted by molar-refractivity contribution is -0.118. The van der Waals surface area contributed by atoms with Crippen molar-refractivity contribution in [1.82, 2.24) is 4.57 Å². The number of carbonyl (C=O) groups excluding carboxylic acids is 1. The van der Waals surface area contributed by atoms with Gasteiger partial charge in [0.2, 0.25) is 5.91 Å². The number of carbonyl (C=O) groups is 2. The van der Waals surface area contributed by atoms with E-state index in [1.54, 1.807) is 12.1 Å². The molecule has 158 valence electrons. The molecule has 0 unspecified atom stereocenters. The number of nitrogens with zero attached hydrogens (tertiary/aromatic N) is 1. The van der Waals surface area contributed by atoms with E-state index in [2.05, 4.69) is 4.57 Å². The summed E-state index contributed by atoms with van der Waals surface area (Å²) in [7, 11) is 0. The van der Waals surface area contributed by atoms with Crippen LogP contribution >= 0.6 is 0 Å². The Morgan fingerprint density at radius 1 is 1.21 bits per heavy atom. The van der Waals surface area contributed by atoms with Crippen molar-refractivity contribution in [3.05, 3.63) is 47.4 Å². The average molecular weight is 403 g/mol. The first-order chi connectivity index (χ1) is 13.8. The number of rotatable bonds is 6. The Bertz CT molecular complexity index is 839. The van der Waals surface area contributed by atoms with Crippen molar-refractivity contribution in [2.24, 2.45) is 11.7 Å². The van der Waals surface area contributed by atoms with Crippen LogP contribution in [0.25, 0.3) is 11.3 Å². The number of amides is 1. The maximum atomic E-state index is 13.6. The quantitative estimate of drug-likeness (QED) is 0.700. The maximum Gasteiger partial charge on any atom is 0.337 e. The summed E-state index contributed by atoms with van der Waals surface area (Å²) in [5.41, 5.74) is 7.35. The molecule has 0 atom stereocenters. The molecule has 1 amide bonds. The predicted molar refractivity (Wildman–Crippen MR) is 112 cm³/mol. The lowest BCUT2D eigenvalue weighted by Gasteiger charge is -2.24. The molecule has 0 bridgehead atoms. The van der Waals surface area contributed by atoms with Gasteiger partial charge in [-0.25, -0.2) is 9.18 Å². The smallest absolute Gasteiger partial charge is 0.337 e. The number of aromatic carboxylic acids is 1. The third-order valence-corrected chi connectivity index (χ3v) is 5.38. The molecular weight excluding hydrogens is 371 g/mol. The second-order valence-electron chi connectivity index (χ2n) is 7.68. The first kappa shape index (κ1) is 22.7. The molecule has 1 aliphatic carbocycles. The zero-order chi connectivity index (χ0) is 21.4. The Morgan fingerprint density at radius 3 is 2.41 bits per heavy atom. The first-order valence-electron chi connectivity index (χ1n) is 10.3. The molecule has 6 heteroatoms. The Kier molecular flexibility index (Phi) is 8.43. The number of nitrogens with two attached hydrogens (primary N) is 1. The van der Waals surface area contributed by atoms with E-state index in [-0.39, 0.29) is 11.7 Å². The molecule has 3 N–H and O–H groups in total. The lowest BCUT2D eigenvalue weighted by atomic mass is 9.89. The first-order valence-corrected chi connectivity index (χ1v) is 10.3. The summed E-state index contributed by atoms with van der Waals surface area (Å²) in [6, 6.07) is 8.05. The Morgan fingerprint density at radius 2 is 1.90 bits per heavy atom. The summed E-state index contributed by atoms with van der Waals surface area (Å²) < 4.78 is 15.6. The normalized spacial score (nSPS) is 14.2. The number of halogens is 1. The molecule has 29 heavy (non-hydrogen) atoms. The van der Waals surface area contributed by atoms with Gasteiger partial charge in [-0.3, -0.25) is 4.79 Å². The van der Waals surface area contributed by atoms with Crippen LogP contribution in [0.5, 0.6) is 0 Å². The summed E-state index contributed by atoms with van der Waals surface area (Å²) in [5.74, 6) is -0.869. The Hall–Kier alpha value is -2.63. The van der Waals surface area contributed by atoms with Crippen molar-refractivity contribution < 1.29 is 19.1 Å². The molecule has 1 aromatic heterocycles. The van der Waals surface area contributed by atoms with E-state index < -0.39 is 5.97 Å². The minimum atomic E-state index is -0.928. The maximum absolute atomic E-state index is 13.6. The number of primary amides is 1. The van der Waals surface area contributed by atoms with Crippen LogP contribution in [-0.4, -0.2) is 21.6 Å². The number of hydrogen-bond acceptors (Lipinski definition) is 2. The minimum absolute atomic E-state index is 0.211. The standard InChI is InChI=1S/C19H22FNO2.C4H9NO/c1-13-17(19(22)23)11-18(15-8-5-9-16(20)10-15)21(13)12-14-6-3-2-4-7-14;1-2-3-4(5)6/h5,8-11,14H,2-4,6-7,12H2,1H3,(H,22,23);2-3H2,1H3,(H2,5,6). The molecule has 1 fully saturated rings. The fraction of sp³-hybridized carbons (Fsp3) is 0.478. The van der Waals surface area contributed by atoms with Crippen LogP contribution in [0.3, 0.4) is 0 Å². The van der Waals surface area contributed by atoms with Crippen molar-refractivity contribution in [1.29, 1.82) is 0 Å². The van der Waals surface area contributed by atoms with Gasteiger partial charge in [-0.2, -0.15) is 0 Å². The highest BCUT2D eigenvalue weighted by Gasteiger charge is 2.21. The number of aromatic nitrogens is 1. The van der Waals surface area contributed by atoms with Gasteiger partial charge in [0.1, 0.15) is 5.82 Å². The van der Waals surface area contributed by atoms with Gasteiger partial charge in [0.15, 0.2) is 0 Å². The second-order valence-corrected chi connectivity index (χ2v) is 7.68. The molecule has 1 heterocycles. The van der Waals surface area contributed by atoms with Gasteiger partial charge in [0.05, 0.1) is 5.56 Å². The van der Waals surface area contributed by atoms with E-state index >= 15 is 0 Å². The number of carboxylic acid groups (broad SMARTS) is 1. The highest BCUT2D eigenvalue weighted by Crippen LogP contribution is 2.31. The van der Waals surface area contributed by atoms with E-state index in [1.807, 2.05) is 19.9 Å². The van der Waals surface area contributed by atoms with Crippen LogP contribution in [0.1, 0.15) is 67.9 Å². The van der Waals surface area contributed by atoms with Gasteiger partial charge in [-0.15, -0.1) is 0 Å². The fourth-order valence-corrected chi connectivity index (χ4v) is 3.86. The van der Waals surface area contributed by atoms with Crippen LogP contribution in [0.15, 0.2) is 30.3 Å². The molecule has 0 spiro atoms. The van der Waals surface area contributed by atoms with Crippen LogP contribution in [0, 0.1) is 18.7 Å². The molecule has 1 aliphatic rings. The third kappa shape index (κ3) is 6.44. The molecule has 0 aliphatic heterocycles. The van der Waals surface area contributed by atoms with Gasteiger partial charge in [-0.1, -0.05) is 38.3 Å². The van der Waals surface area contributed by atoms with Gasteiger partial charge in [0.25, 0.3) is 0 Å². The Balaban J connectivity index is 0.000000438. The number of benzene rings is 1. The largest absolute Gasteiger partial charge is 0.478 e. The highest BCUT2D eigenvalue weighted by molar-refractivity contribution is 5.91. The van der Waals surface area contributed by atoms with Gasteiger partial charge in [-0.05, 0) is 50.3 Å². The fourth-order valence-electron chi connectivity index (χ4n) is 3.86. The molecule has 0 radical (unpaired) electrons. The van der Waals surface area contributed by atoms with E-state index in [9.17, 15) is 19.1 Å². The van der Waals surface area contributed by atoms with Crippen molar-refractivity contribution in [3.8, 4) is 11.3 Å². The zero-order valence-electron chi connectivity index (χ0n) is 17.3. The summed E-state index contributed by atoms with van der Waals surface area (Å²) in [6.07, 6.45) is 7.51. The van der Waals surface area contributed by atoms with Crippen LogP contribution in [0.4, 0.5) is 4.39 Å². The lowest BCUT2D eigenvalue weighted by Crippen LogP contribution is -2.16. The molecule has 5 nitrogen and oxygen atoms in total. The molecule has 3 rings (SSSR count). The predicted octanol–water partition coefficient (Wildman–Crippen LogP) is 5.15. The molecular formula is C23H31FN2O3. The Labute approximate surface area is 171 Å². The summed E-state index contributed by atoms with van der Waals surface area (Å²) in [4.78, 5) is 21.3. The summed E-state index contributed by atoms with van der Waals surface area (Å²) in [5, 5.41) is 9.42. The minimum Gasteiger partial charge on any atom is -0.478 e. The third-order valence-electron chi connectivity index (χ3n) is 5.38. The number of hydrogen-bond donors (Lipinski definition) is 2. The van der Waals surface area contributed by atoms with E-state index in [1.165, 1.54) is 44.2 Å². The van der Waals surface area contributed by atoms with Gasteiger partial charge >= 0.3 is 5.97 Å². The zero-order valence-corrected chi connectivity index (χ0v) is 17.3. The SMILES string of the molecule is CCCC(N)=O.Cc1c(C(=O)O)cc(-c2cccc(F)c2)n1CC1CCCCC1. The second kappa shape index (κ2) is 10.8. The van der Waals surface area contributed by atoms with Crippen LogP contribution < -0.4 is 5.73 Å². The molecule has 2 aromatic rings. The van der Waals surface area contributed by atoms with Crippen LogP contribution in [0.2, 0.25) is 0 Å². The van der Waals surface area contributed by atoms with E-state index in [0.29, 0.717) is 17.9 Å². The van der Waals surface area contributed by atoms with E-state index in [4.69, 9.17) is 5.73 Å². The summed E-state index contributed by atoms with van der Waals surface area (Å²) >= 11 is 0. The molecule has 1 saturated carbocycles. The average Bonchev–Trinajstić information content (AvgIpc) is 3.00. The van der Waals surface area contributed by atoms with Gasteiger partial charge in [0, 0.05) is 29.9 Å². The van der Waals surface area contributed by atoms with Crippen LogP contribution in [-0.2, 0) is 11.3 Å². The van der Waals surface area contributed by atoms with Crippen molar-refractivity contribution in [2.75, 3.05) is 0 Å².